The van der Waals surface area contributed by atoms with Crippen LogP contribution in [0.15, 0.2) is 60.7 Å². The third-order valence-corrected chi connectivity index (χ3v) is 6.34. The Hall–Kier alpha value is -2.82. The van der Waals surface area contributed by atoms with E-state index < -0.39 is 17.9 Å². The number of nitrogens with one attached hydrogen (secondary N) is 2. The molecule has 0 radical (unpaired) electrons. The summed E-state index contributed by atoms with van der Waals surface area (Å²) in [5.41, 5.74) is 8.05. The van der Waals surface area contributed by atoms with E-state index in [4.69, 9.17) is 33.7 Å². The van der Waals surface area contributed by atoms with Crippen LogP contribution in [0.5, 0.6) is 0 Å². The fourth-order valence-electron chi connectivity index (χ4n) is 3.34. The van der Waals surface area contributed by atoms with Crippen molar-refractivity contribution in [3.63, 3.8) is 0 Å². The summed E-state index contributed by atoms with van der Waals surface area (Å²) < 4.78 is 6.23. The van der Waals surface area contributed by atoms with E-state index >= 15 is 0 Å². The topological polar surface area (TPSA) is 111 Å². The van der Waals surface area contributed by atoms with E-state index in [0.29, 0.717) is 16.9 Å². The van der Waals surface area contributed by atoms with Gasteiger partial charge in [0, 0.05) is 21.4 Å². The predicted octanol–water partition coefficient (Wildman–Crippen LogP) is 5.73. The summed E-state index contributed by atoms with van der Waals surface area (Å²) in [6.45, 7) is 3.44. The summed E-state index contributed by atoms with van der Waals surface area (Å²) in [5, 5.41) is 5.83. The lowest BCUT2D eigenvalue weighted by atomic mass is 10.0. The Morgan fingerprint density at radius 3 is 2.22 bits per heavy atom. The average Bonchev–Trinajstić information content (AvgIpc) is 2.80. The van der Waals surface area contributed by atoms with Gasteiger partial charge in [0.2, 0.25) is 0 Å². The Bertz CT molecular complexity index is 1260. The van der Waals surface area contributed by atoms with Crippen LogP contribution in [0.4, 0.5) is 11.4 Å². The Morgan fingerprint density at radius 1 is 0.972 bits per heavy atom. The number of nitrogens with two attached hydrogens (primary N) is 1. The van der Waals surface area contributed by atoms with Crippen molar-refractivity contribution in [3.05, 3.63) is 91.0 Å². The van der Waals surface area contributed by atoms with E-state index in [1.54, 1.807) is 68.4 Å². The SMILES string of the molecule is CC(C)OC(=O)[C@H](Cc1ccc(NC(=O)c2cc(I)ccc2N)cc1)NC(=O)c1c(Cl)cccc1Cl. The Balaban J connectivity index is 1.75. The number of ether oxygens (including phenoxy) is 1. The summed E-state index contributed by atoms with van der Waals surface area (Å²) in [7, 11) is 0. The first-order chi connectivity index (χ1) is 17.0. The maximum atomic E-state index is 12.9. The van der Waals surface area contributed by atoms with Crippen molar-refractivity contribution >= 4 is 75.0 Å². The van der Waals surface area contributed by atoms with Crippen LogP contribution >= 0.6 is 45.8 Å². The molecular weight excluding hydrogens is 616 g/mol. The molecule has 0 aliphatic rings. The number of benzene rings is 3. The standard InChI is InChI=1S/C26H24Cl2IN3O4/c1-14(2)36-26(35)22(32-25(34)23-19(27)4-3-5-20(23)28)12-15-6-9-17(10-7-15)31-24(33)18-13-16(29)8-11-21(18)30/h3-11,13-14,22H,12,30H2,1-2H3,(H,31,33)(H,32,34)/t22-/m0/s1. The normalized spacial score (nSPS) is 11.6. The minimum Gasteiger partial charge on any atom is -0.461 e. The van der Waals surface area contributed by atoms with Crippen molar-refractivity contribution in [1.82, 2.24) is 5.32 Å². The molecule has 0 bridgehead atoms. The van der Waals surface area contributed by atoms with Crippen LogP contribution in [-0.2, 0) is 16.0 Å². The van der Waals surface area contributed by atoms with E-state index in [-0.39, 0.29) is 34.0 Å². The summed E-state index contributed by atoms with van der Waals surface area (Å²) in [6.07, 6.45) is -0.218. The van der Waals surface area contributed by atoms with Crippen LogP contribution in [0.25, 0.3) is 0 Å². The van der Waals surface area contributed by atoms with Gasteiger partial charge in [-0.1, -0.05) is 41.4 Å². The van der Waals surface area contributed by atoms with Crippen LogP contribution in [0.2, 0.25) is 10.0 Å². The highest BCUT2D eigenvalue weighted by Crippen LogP contribution is 2.24. The van der Waals surface area contributed by atoms with Crippen molar-refractivity contribution in [3.8, 4) is 0 Å². The summed E-state index contributed by atoms with van der Waals surface area (Å²) >= 11 is 14.4. The molecule has 0 aliphatic heterocycles. The fourth-order valence-corrected chi connectivity index (χ4v) is 4.40. The number of carbonyl (C=O) groups excluding carboxylic acids is 3. The molecular formula is C26H24Cl2IN3O4. The third-order valence-electron chi connectivity index (χ3n) is 5.04. The zero-order valence-electron chi connectivity index (χ0n) is 19.5. The molecule has 0 heterocycles. The minimum atomic E-state index is -0.987. The molecule has 0 aromatic heterocycles. The van der Waals surface area contributed by atoms with Crippen LogP contribution in [-0.4, -0.2) is 29.9 Å². The number of carbonyl (C=O) groups is 3. The van der Waals surface area contributed by atoms with E-state index in [0.717, 1.165) is 9.13 Å². The average molecular weight is 640 g/mol. The van der Waals surface area contributed by atoms with Gasteiger partial charge in [0.15, 0.2) is 0 Å². The summed E-state index contributed by atoms with van der Waals surface area (Å²) in [5.74, 6) is -1.51. The Morgan fingerprint density at radius 2 is 1.61 bits per heavy atom. The molecule has 0 unspecified atom stereocenters. The van der Waals surface area contributed by atoms with Gasteiger partial charge in [-0.2, -0.15) is 0 Å². The largest absolute Gasteiger partial charge is 0.461 e. The molecule has 3 aromatic rings. The molecule has 188 valence electrons. The fraction of sp³-hybridized carbons (Fsp3) is 0.192. The van der Waals surface area contributed by atoms with E-state index in [1.165, 1.54) is 0 Å². The molecule has 0 spiro atoms. The molecule has 10 heteroatoms. The number of hydrogen-bond donors (Lipinski definition) is 3. The van der Waals surface area contributed by atoms with Crippen LogP contribution in [0.1, 0.15) is 40.1 Å². The molecule has 2 amide bonds. The third kappa shape index (κ3) is 7.35. The molecule has 3 aromatic carbocycles. The summed E-state index contributed by atoms with van der Waals surface area (Å²) in [4.78, 5) is 38.3. The highest BCUT2D eigenvalue weighted by Gasteiger charge is 2.26. The van der Waals surface area contributed by atoms with Gasteiger partial charge < -0.3 is 21.1 Å². The van der Waals surface area contributed by atoms with Gasteiger partial charge in [-0.15, -0.1) is 0 Å². The lowest BCUT2D eigenvalue weighted by Crippen LogP contribution is -2.44. The molecule has 3 rings (SSSR count). The number of esters is 1. The van der Waals surface area contributed by atoms with Crippen molar-refractivity contribution in [2.24, 2.45) is 0 Å². The quantitative estimate of drug-likeness (QED) is 0.166. The molecule has 0 saturated heterocycles. The first-order valence-corrected chi connectivity index (χ1v) is 12.8. The number of rotatable bonds is 8. The van der Waals surface area contributed by atoms with Gasteiger partial charge in [-0.25, -0.2) is 4.79 Å². The van der Waals surface area contributed by atoms with Gasteiger partial charge in [-0.3, -0.25) is 9.59 Å². The van der Waals surface area contributed by atoms with Crippen LogP contribution < -0.4 is 16.4 Å². The zero-order chi connectivity index (χ0) is 26.4. The van der Waals surface area contributed by atoms with Gasteiger partial charge in [0.05, 0.1) is 27.3 Å². The molecule has 36 heavy (non-hydrogen) atoms. The number of hydrogen-bond acceptors (Lipinski definition) is 5. The van der Waals surface area contributed by atoms with Crippen LogP contribution in [0.3, 0.4) is 0 Å². The Kier molecular flexibility index (Phi) is 9.58. The molecule has 0 saturated carbocycles. The lowest BCUT2D eigenvalue weighted by Gasteiger charge is -2.20. The smallest absolute Gasteiger partial charge is 0.329 e. The maximum Gasteiger partial charge on any atom is 0.329 e. The van der Waals surface area contributed by atoms with Crippen molar-refractivity contribution < 1.29 is 19.1 Å². The minimum absolute atomic E-state index is 0.0797. The van der Waals surface area contributed by atoms with Crippen LogP contribution in [0, 0.1) is 3.57 Å². The maximum absolute atomic E-state index is 12.9. The molecule has 0 aliphatic carbocycles. The molecule has 0 fully saturated rings. The first kappa shape index (κ1) is 27.8. The van der Waals surface area contributed by atoms with Gasteiger partial charge >= 0.3 is 5.97 Å². The number of amides is 2. The number of halogens is 3. The predicted molar refractivity (Wildman–Crippen MR) is 151 cm³/mol. The monoisotopic (exact) mass is 639 g/mol. The van der Waals surface area contributed by atoms with Crippen molar-refractivity contribution in [2.75, 3.05) is 11.1 Å². The summed E-state index contributed by atoms with van der Waals surface area (Å²) in [6, 6.07) is 15.8. The van der Waals surface area contributed by atoms with E-state index in [2.05, 4.69) is 33.2 Å². The van der Waals surface area contributed by atoms with E-state index in [1.807, 2.05) is 6.07 Å². The second-order valence-corrected chi connectivity index (χ2v) is 10.3. The van der Waals surface area contributed by atoms with Gasteiger partial charge in [0.25, 0.3) is 11.8 Å². The highest BCUT2D eigenvalue weighted by molar-refractivity contribution is 14.1. The second-order valence-electron chi connectivity index (χ2n) is 8.20. The van der Waals surface area contributed by atoms with E-state index in [9.17, 15) is 14.4 Å². The Labute approximate surface area is 232 Å². The molecule has 1 atom stereocenters. The van der Waals surface area contributed by atoms with Crippen molar-refractivity contribution in [2.45, 2.75) is 32.4 Å². The van der Waals surface area contributed by atoms with Gasteiger partial charge in [-0.05, 0) is 84.5 Å². The number of anilines is 2. The molecule has 4 N–H and O–H groups in total. The van der Waals surface area contributed by atoms with Gasteiger partial charge in [0.1, 0.15) is 6.04 Å². The highest BCUT2D eigenvalue weighted by atomic mass is 127. The molecule has 7 nitrogen and oxygen atoms in total. The zero-order valence-corrected chi connectivity index (χ0v) is 23.1. The first-order valence-electron chi connectivity index (χ1n) is 11.0. The lowest BCUT2D eigenvalue weighted by molar-refractivity contribution is -0.149. The number of nitrogen functional groups attached to an aromatic ring is 1. The second kappa shape index (κ2) is 12.4. The van der Waals surface area contributed by atoms with Crippen molar-refractivity contribution in [1.29, 1.82) is 0 Å².